The van der Waals surface area contributed by atoms with Crippen LogP contribution in [0.25, 0.3) is 0 Å². The van der Waals surface area contributed by atoms with Crippen molar-refractivity contribution in [2.45, 2.75) is 39.2 Å². The number of anilines is 1. The zero-order valence-corrected chi connectivity index (χ0v) is 10.9. The fraction of sp³-hybridized carbons (Fsp3) is 0.533. The molecule has 2 rings (SSSR count). The number of carbonyl (C=O) groups is 1. The van der Waals surface area contributed by atoms with Gasteiger partial charge in [-0.1, -0.05) is 19.1 Å². The second-order valence-electron chi connectivity index (χ2n) is 4.98. The van der Waals surface area contributed by atoms with Gasteiger partial charge < -0.3 is 4.90 Å². The SMILES string of the molecule is CCC(=O)c1ccccc1N(C)C(C)C1CC1. The molecule has 1 aliphatic rings. The third-order valence-electron chi connectivity index (χ3n) is 3.82. The Balaban J connectivity index is 2.27. The summed E-state index contributed by atoms with van der Waals surface area (Å²) in [5.74, 6) is 1.04. The third kappa shape index (κ3) is 2.51. The maximum Gasteiger partial charge on any atom is 0.164 e. The van der Waals surface area contributed by atoms with Gasteiger partial charge >= 0.3 is 0 Å². The molecule has 0 bridgehead atoms. The van der Waals surface area contributed by atoms with Crippen LogP contribution >= 0.6 is 0 Å². The molecule has 0 aromatic heterocycles. The Morgan fingerprint density at radius 3 is 2.65 bits per heavy atom. The lowest BCUT2D eigenvalue weighted by molar-refractivity contribution is 0.0988. The van der Waals surface area contributed by atoms with E-state index in [0.29, 0.717) is 12.5 Å². The monoisotopic (exact) mass is 231 g/mol. The Morgan fingerprint density at radius 1 is 1.41 bits per heavy atom. The van der Waals surface area contributed by atoms with E-state index in [2.05, 4.69) is 24.9 Å². The molecule has 0 radical (unpaired) electrons. The molecule has 0 aliphatic heterocycles. The highest BCUT2D eigenvalue weighted by Gasteiger charge is 2.31. The van der Waals surface area contributed by atoms with E-state index in [1.54, 1.807) is 0 Å². The van der Waals surface area contributed by atoms with Gasteiger partial charge in [0, 0.05) is 30.8 Å². The molecule has 1 unspecified atom stereocenters. The number of Topliss-reactive ketones (excluding diaryl/α,β-unsaturated/α-hetero) is 1. The molecular weight excluding hydrogens is 210 g/mol. The van der Waals surface area contributed by atoms with Crippen molar-refractivity contribution in [3.05, 3.63) is 29.8 Å². The van der Waals surface area contributed by atoms with E-state index in [9.17, 15) is 4.79 Å². The first kappa shape index (κ1) is 12.2. The molecule has 17 heavy (non-hydrogen) atoms. The summed E-state index contributed by atoms with van der Waals surface area (Å²) in [4.78, 5) is 14.2. The van der Waals surface area contributed by atoms with Crippen molar-refractivity contribution in [3.63, 3.8) is 0 Å². The predicted molar refractivity (Wildman–Crippen MR) is 71.7 cm³/mol. The van der Waals surface area contributed by atoms with Gasteiger partial charge in [-0.2, -0.15) is 0 Å². The van der Waals surface area contributed by atoms with Crippen LogP contribution in [0.2, 0.25) is 0 Å². The number of hydrogen-bond acceptors (Lipinski definition) is 2. The number of carbonyl (C=O) groups excluding carboxylic acids is 1. The second-order valence-corrected chi connectivity index (χ2v) is 4.98. The first-order valence-electron chi connectivity index (χ1n) is 6.50. The molecule has 0 spiro atoms. The van der Waals surface area contributed by atoms with Gasteiger partial charge in [-0.3, -0.25) is 4.79 Å². The molecule has 92 valence electrons. The number of para-hydroxylation sites is 1. The van der Waals surface area contributed by atoms with Crippen LogP contribution in [0.5, 0.6) is 0 Å². The first-order chi connectivity index (χ1) is 8.15. The summed E-state index contributed by atoms with van der Waals surface area (Å²) in [5.41, 5.74) is 1.95. The van der Waals surface area contributed by atoms with Crippen LogP contribution in [0.1, 0.15) is 43.5 Å². The summed E-state index contributed by atoms with van der Waals surface area (Å²) in [6, 6.07) is 8.49. The molecule has 1 atom stereocenters. The summed E-state index contributed by atoms with van der Waals surface area (Å²) in [5, 5.41) is 0. The molecular formula is C15H21NO. The van der Waals surface area contributed by atoms with Gasteiger partial charge in [0.25, 0.3) is 0 Å². The van der Waals surface area contributed by atoms with Crippen LogP contribution in [0.3, 0.4) is 0 Å². The fourth-order valence-corrected chi connectivity index (χ4v) is 2.32. The lowest BCUT2D eigenvalue weighted by Crippen LogP contribution is -2.31. The highest BCUT2D eigenvalue weighted by atomic mass is 16.1. The molecule has 2 nitrogen and oxygen atoms in total. The normalized spacial score (nSPS) is 16.6. The van der Waals surface area contributed by atoms with Crippen molar-refractivity contribution >= 4 is 11.5 Å². The molecule has 1 aromatic rings. The van der Waals surface area contributed by atoms with Gasteiger partial charge in [-0.15, -0.1) is 0 Å². The molecule has 1 aromatic carbocycles. The predicted octanol–water partition coefficient (Wildman–Crippen LogP) is 3.51. The Morgan fingerprint density at radius 2 is 2.06 bits per heavy atom. The second kappa shape index (κ2) is 4.91. The summed E-state index contributed by atoms with van der Waals surface area (Å²) < 4.78 is 0. The van der Waals surface area contributed by atoms with Crippen LogP contribution in [-0.4, -0.2) is 18.9 Å². The minimum Gasteiger partial charge on any atom is -0.371 e. The summed E-state index contributed by atoms with van der Waals surface area (Å²) >= 11 is 0. The van der Waals surface area contributed by atoms with E-state index in [0.717, 1.165) is 17.2 Å². The topological polar surface area (TPSA) is 20.3 Å². The average molecular weight is 231 g/mol. The number of nitrogens with zero attached hydrogens (tertiary/aromatic N) is 1. The maximum absolute atomic E-state index is 11.9. The number of ketones is 1. The van der Waals surface area contributed by atoms with Crippen LogP contribution in [0, 0.1) is 5.92 Å². The van der Waals surface area contributed by atoms with Crippen molar-refractivity contribution in [2.75, 3.05) is 11.9 Å². The van der Waals surface area contributed by atoms with E-state index < -0.39 is 0 Å². The van der Waals surface area contributed by atoms with Gasteiger partial charge in [-0.25, -0.2) is 0 Å². The van der Waals surface area contributed by atoms with E-state index in [-0.39, 0.29) is 5.78 Å². The van der Waals surface area contributed by atoms with E-state index in [1.165, 1.54) is 12.8 Å². The molecule has 2 heteroatoms. The fourth-order valence-electron chi connectivity index (χ4n) is 2.32. The quantitative estimate of drug-likeness (QED) is 0.723. The largest absolute Gasteiger partial charge is 0.371 e. The van der Waals surface area contributed by atoms with E-state index in [1.807, 2.05) is 25.1 Å². The molecule has 0 saturated heterocycles. The summed E-state index contributed by atoms with van der Waals surface area (Å²) in [7, 11) is 2.10. The molecule has 1 saturated carbocycles. The minimum absolute atomic E-state index is 0.232. The number of hydrogen-bond donors (Lipinski definition) is 0. The van der Waals surface area contributed by atoms with Gasteiger partial charge in [0.05, 0.1) is 0 Å². The molecule has 1 fully saturated rings. The Labute approximate surface area is 104 Å². The van der Waals surface area contributed by atoms with Gasteiger partial charge in [0.2, 0.25) is 0 Å². The smallest absolute Gasteiger partial charge is 0.164 e. The zero-order valence-electron chi connectivity index (χ0n) is 10.9. The third-order valence-corrected chi connectivity index (χ3v) is 3.82. The zero-order chi connectivity index (χ0) is 12.4. The van der Waals surface area contributed by atoms with Crippen molar-refractivity contribution < 1.29 is 4.79 Å². The number of benzene rings is 1. The van der Waals surface area contributed by atoms with Crippen LogP contribution in [0.4, 0.5) is 5.69 Å². The average Bonchev–Trinajstić information content (AvgIpc) is 3.20. The molecule has 0 heterocycles. The standard InChI is InChI=1S/C15H21NO/c1-4-15(17)13-7-5-6-8-14(13)16(3)11(2)12-9-10-12/h5-8,11-12H,4,9-10H2,1-3H3. The van der Waals surface area contributed by atoms with Crippen molar-refractivity contribution in [2.24, 2.45) is 5.92 Å². The Kier molecular flexibility index (Phi) is 3.51. The minimum atomic E-state index is 0.232. The van der Waals surface area contributed by atoms with Crippen molar-refractivity contribution in [1.82, 2.24) is 0 Å². The maximum atomic E-state index is 11.9. The number of rotatable bonds is 5. The van der Waals surface area contributed by atoms with Crippen molar-refractivity contribution in [3.8, 4) is 0 Å². The first-order valence-corrected chi connectivity index (χ1v) is 6.50. The Bertz CT molecular complexity index is 409. The molecule has 0 amide bonds. The lowest BCUT2D eigenvalue weighted by Gasteiger charge is -2.28. The highest BCUT2D eigenvalue weighted by Crippen LogP contribution is 2.37. The van der Waals surface area contributed by atoms with Crippen LogP contribution in [0.15, 0.2) is 24.3 Å². The Hall–Kier alpha value is -1.31. The van der Waals surface area contributed by atoms with E-state index >= 15 is 0 Å². The van der Waals surface area contributed by atoms with Crippen LogP contribution < -0.4 is 4.90 Å². The lowest BCUT2D eigenvalue weighted by atomic mass is 10.0. The molecule has 1 aliphatic carbocycles. The van der Waals surface area contributed by atoms with Crippen LogP contribution in [-0.2, 0) is 0 Å². The highest BCUT2D eigenvalue weighted by molar-refractivity contribution is 6.01. The molecule has 0 N–H and O–H groups in total. The summed E-state index contributed by atoms with van der Waals surface area (Å²) in [6.07, 6.45) is 3.23. The van der Waals surface area contributed by atoms with Gasteiger partial charge in [-0.05, 0) is 37.8 Å². The van der Waals surface area contributed by atoms with Gasteiger partial charge in [0.15, 0.2) is 5.78 Å². The summed E-state index contributed by atoms with van der Waals surface area (Å²) in [6.45, 7) is 4.17. The van der Waals surface area contributed by atoms with Gasteiger partial charge in [0.1, 0.15) is 0 Å². The van der Waals surface area contributed by atoms with Crippen molar-refractivity contribution in [1.29, 1.82) is 0 Å². The van der Waals surface area contributed by atoms with E-state index in [4.69, 9.17) is 0 Å².